The number of anilines is 1. The van der Waals surface area contributed by atoms with Gasteiger partial charge >= 0.3 is 11.7 Å². The number of likely N-dealkylation sites (tertiary alicyclic amines) is 1. The van der Waals surface area contributed by atoms with Gasteiger partial charge in [0.15, 0.2) is 11.5 Å². The number of ether oxygens (including phenoxy) is 1. The first kappa shape index (κ1) is 21.6. The Morgan fingerprint density at radius 1 is 1.24 bits per heavy atom. The van der Waals surface area contributed by atoms with Crippen molar-refractivity contribution in [3.8, 4) is 6.01 Å². The maximum Gasteiger partial charge on any atom is 0.327 e. The molecule has 0 unspecified atom stereocenters. The number of unbranched alkanes of at least 4 members (excludes halogenated alkanes) is 1. The van der Waals surface area contributed by atoms with Crippen LogP contribution in [0.3, 0.4) is 0 Å². The summed E-state index contributed by atoms with van der Waals surface area (Å²) in [6, 6.07) is 0.245. The van der Waals surface area contributed by atoms with Crippen molar-refractivity contribution in [3.05, 3.63) is 10.5 Å². The van der Waals surface area contributed by atoms with Gasteiger partial charge in [-0.15, -0.1) is 0 Å². The van der Waals surface area contributed by atoms with Gasteiger partial charge in [0, 0.05) is 6.54 Å². The number of nitrogens with two attached hydrogens (primary N) is 1. The molecule has 2 aromatic heterocycles. The van der Waals surface area contributed by atoms with E-state index in [0.29, 0.717) is 30.2 Å². The topological polar surface area (TPSA) is 102 Å². The molecule has 1 saturated heterocycles. The summed E-state index contributed by atoms with van der Waals surface area (Å²) in [7, 11) is 0. The SMILES string of the molecule is CCCCOc1nc(N)c2[nH]c(=O)n(CCC3CCN(CCC(C)C)CC3)c2n1. The molecule has 3 heterocycles. The summed E-state index contributed by atoms with van der Waals surface area (Å²) in [6.07, 6.45) is 6.58. The van der Waals surface area contributed by atoms with Crippen LogP contribution in [0.1, 0.15) is 59.3 Å². The van der Waals surface area contributed by atoms with Gasteiger partial charge in [0.2, 0.25) is 0 Å². The van der Waals surface area contributed by atoms with Gasteiger partial charge in [0.25, 0.3) is 0 Å². The van der Waals surface area contributed by atoms with Crippen molar-refractivity contribution < 1.29 is 4.74 Å². The van der Waals surface area contributed by atoms with E-state index in [1.807, 2.05) is 0 Å². The van der Waals surface area contributed by atoms with Gasteiger partial charge in [-0.2, -0.15) is 9.97 Å². The molecule has 0 spiro atoms. The van der Waals surface area contributed by atoms with E-state index in [1.165, 1.54) is 25.8 Å². The summed E-state index contributed by atoms with van der Waals surface area (Å²) >= 11 is 0. The van der Waals surface area contributed by atoms with E-state index in [-0.39, 0.29) is 17.5 Å². The molecular weight excluding hydrogens is 368 g/mol. The lowest BCUT2D eigenvalue weighted by Gasteiger charge is -2.32. The van der Waals surface area contributed by atoms with Crippen LogP contribution in [0.15, 0.2) is 4.79 Å². The molecule has 1 aliphatic rings. The quantitative estimate of drug-likeness (QED) is 0.590. The number of H-pyrrole nitrogens is 1. The minimum absolute atomic E-state index is 0.180. The van der Waals surface area contributed by atoms with Gasteiger partial charge in [0.1, 0.15) is 5.52 Å². The zero-order valence-corrected chi connectivity index (χ0v) is 18.1. The Labute approximate surface area is 172 Å². The van der Waals surface area contributed by atoms with Gasteiger partial charge in [-0.1, -0.05) is 27.2 Å². The Balaban J connectivity index is 1.61. The van der Waals surface area contributed by atoms with E-state index in [1.54, 1.807) is 4.57 Å². The highest BCUT2D eigenvalue weighted by atomic mass is 16.5. The molecule has 2 aromatic rings. The van der Waals surface area contributed by atoms with Crippen LogP contribution in [0.4, 0.5) is 5.82 Å². The van der Waals surface area contributed by atoms with Crippen LogP contribution in [0.5, 0.6) is 6.01 Å². The number of hydrogen-bond donors (Lipinski definition) is 2. The van der Waals surface area contributed by atoms with Gasteiger partial charge in [-0.3, -0.25) is 4.57 Å². The predicted molar refractivity (Wildman–Crippen MR) is 116 cm³/mol. The molecule has 1 aliphatic heterocycles. The van der Waals surface area contributed by atoms with Crippen LogP contribution in [0, 0.1) is 11.8 Å². The Hall–Kier alpha value is -2.09. The zero-order chi connectivity index (χ0) is 20.8. The molecule has 8 heteroatoms. The van der Waals surface area contributed by atoms with Crippen LogP contribution < -0.4 is 16.2 Å². The van der Waals surface area contributed by atoms with Crippen LogP contribution >= 0.6 is 0 Å². The highest BCUT2D eigenvalue weighted by Crippen LogP contribution is 2.23. The lowest BCUT2D eigenvalue weighted by atomic mass is 9.93. The highest BCUT2D eigenvalue weighted by Gasteiger charge is 2.21. The van der Waals surface area contributed by atoms with Crippen molar-refractivity contribution in [1.82, 2.24) is 24.4 Å². The highest BCUT2D eigenvalue weighted by molar-refractivity contribution is 5.81. The predicted octanol–water partition coefficient (Wildman–Crippen LogP) is 3.03. The fourth-order valence-electron chi connectivity index (χ4n) is 3.86. The first-order valence-corrected chi connectivity index (χ1v) is 11.1. The third-order valence-corrected chi connectivity index (χ3v) is 5.85. The second-order valence-corrected chi connectivity index (χ2v) is 8.63. The zero-order valence-electron chi connectivity index (χ0n) is 18.1. The van der Waals surface area contributed by atoms with Gasteiger partial charge in [-0.05, 0) is 63.6 Å². The van der Waals surface area contributed by atoms with Crippen molar-refractivity contribution >= 4 is 17.0 Å². The van der Waals surface area contributed by atoms with Crippen LogP contribution in [-0.4, -0.2) is 50.7 Å². The fourth-order valence-corrected chi connectivity index (χ4v) is 3.86. The van der Waals surface area contributed by atoms with Crippen molar-refractivity contribution in [2.45, 2.75) is 65.8 Å². The van der Waals surface area contributed by atoms with Crippen LogP contribution in [0.25, 0.3) is 11.2 Å². The Morgan fingerprint density at radius 3 is 2.69 bits per heavy atom. The Bertz CT molecular complexity index is 836. The Morgan fingerprint density at radius 2 is 2.00 bits per heavy atom. The number of aromatic amines is 1. The molecule has 29 heavy (non-hydrogen) atoms. The van der Waals surface area contributed by atoms with Crippen LogP contribution in [0.2, 0.25) is 0 Å². The van der Waals surface area contributed by atoms with Gasteiger partial charge in [0.05, 0.1) is 6.61 Å². The van der Waals surface area contributed by atoms with Crippen LogP contribution in [-0.2, 0) is 6.54 Å². The first-order chi connectivity index (χ1) is 14.0. The molecule has 0 saturated carbocycles. The molecule has 0 aromatic carbocycles. The summed E-state index contributed by atoms with van der Waals surface area (Å²) < 4.78 is 7.29. The smallest absolute Gasteiger partial charge is 0.327 e. The minimum atomic E-state index is -0.180. The standard InChI is InChI=1S/C21H36N6O2/c1-4-5-14-29-20-24-18(22)17-19(25-20)27(21(28)23-17)13-9-16-7-11-26(12-8-16)10-6-15(2)3/h15-16H,4-14H2,1-3H3,(H,23,28)(H2,22,24,25). The molecule has 0 amide bonds. The second-order valence-electron chi connectivity index (χ2n) is 8.63. The van der Waals surface area contributed by atoms with E-state index in [2.05, 4.69) is 40.6 Å². The number of imidazole rings is 1. The van der Waals surface area contributed by atoms with Gasteiger partial charge < -0.3 is 20.4 Å². The van der Waals surface area contributed by atoms with Crippen molar-refractivity contribution in [2.24, 2.45) is 11.8 Å². The molecule has 0 atom stereocenters. The number of aromatic nitrogens is 4. The van der Waals surface area contributed by atoms with Crippen molar-refractivity contribution in [1.29, 1.82) is 0 Å². The number of nitrogen functional groups attached to an aromatic ring is 1. The molecule has 0 aliphatic carbocycles. The maximum absolute atomic E-state index is 12.5. The number of aryl methyl sites for hydroxylation is 1. The molecule has 0 bridgehead atoms. The summed E-state index contributed by atoms with van der Waals surface area (Å²) in [5.41, 5.74) is 6.89. The molecule has 8 nitrogen and oxygen atoms in total. The monoisotopic (exact) mass is 404 g/mol. The van der Waals surface area contributed by atoms with E-state index in [9.17, 15) is 4.79 Å². The summed E-state index contributed by atoms with van der Waals surface area (Å²) in [4.78, 5) is 26.5. The third-order valence-electron chi connectivity index (χ3n) is 5.85. The molecule has 0 radical (unpaired) electrons. The van der Waals surface area contributed by atoms with Crippen molar-refractivity contribution in [2.75, 3.05) is 32.0 Å². The molecular formula is C21H36N6O2. The number of nitrogens with zero attached hydrogens (tertiary/aromatic N) is 4. The number of hydrogen-bond acceptors (Lipinski definition) is 6. The van der Waals surface area contributed by atoms with Gasteiger partial charge in [-0.25, -0.2) is 4.79 Å². The third kappa shape index (κ3) is 5.72. The first-order valence-electron chi connectivity index (χ1n) is 11.1. The maximum atomic E-state index is 12.5. The number of fused-ring (bicyclic) bond motifs is 1. The Kier molecular flexibility index (Phi) is 7.52. The van der Waals surface area contributed by atoms with Crippen molar-refractivity contribution in [3.63, 3.8) is 0 Å². The molecule has 3 rings (SSSR count). The second kappa shape index (κ2) is 10.1. The number of piperidine rings is 1. The average molecular weight is 405 g/mol. The van der Waals surface area contributed by atoms with E-state index >= 15 is 0 Å². The molecule has 162 valence electrons. The normalized spacial score (nSPS) is 16.1. The van der Waals surface area contributed by atoms with E-state index < -0.39 is 0 Å². The number of rotatable bonds is 10. The van der Waals surface area contributed by atoms with E-state index in [0.717, 1.165) is 38.3 Å². The lowest BCUT2D eigenvalue weighted by Crippen LogP contribution is -2.35. The number of nitrogens with one attached hydrogen (secondary N) is 1. The fraction of sp³-hybridized carbons (Fsp3) is 0.762. The molecule has 3 N–H and O–H groups in total. The summed E-state index contributed by atoms with van der Waals surface area (Å²) in [5, 5.41) is 0. The summed E-state index contributed by atoms with van der Waals surface area (Å²) in [5.74, 6) is 1.66. The minimum Gasteiger partial charge on any atom is -0.463 e. The van der Waals surface area contributed by atoms with E-state index in [4.69, 9.17) is 10.5 Å². The average Bonchev–Trinajstić information content (AvgIpc) is 3.01. The largest absolute Gasteiger partial charge is 0.463 e. The summed E-state index contributed by atoms with van der Waals surface area (Å²) in [6.45, 7) is 11.4. The molecule has 1 fully saturated rings. The lowest BCUT2D eigenvalue weighted by molar-refractivity contribution is 0.169.